The van der Waals surface area contributed by atoms with Gasteiger partial charge in [-0.05, 0) is 37.8 Å². The van der Waals surface area contributed by atoms with Crippen LogP contribution < -0.4 is 4.74 Å². The Morgan fingerprint density at radius 1 is 1.20 bits per heavy atom. The van der Waals surface area contributed by atoms with Gasteiger partial charge in [-0.2, -0.15) is 4.39 Å². The third kappa shape index (κ3) is 2.48. The van der Waals surface area contributed by atoms with Crippen molar-refractivity contribution in [2.75, 3.05) is 0 Å². The van der Waals surface area contributed by atoms with Gasteiger partial charge in [-0.1, -0.05) is 15.9 Å². The molecule has 0 aromatic heterocycles. The largest absolute Gasteiger partial charge is 0.487 e. The molecule has 1 aliphatic rings. The molecular weight excluding hydrogens is 266 g/mol. The number of hydrogen-bond acceptors (Lipinski definition) is 1. The van der Waals surface area contributed by atoms with E-state index in [1.807, 2.05) is 0 Å². The Morgan fingerprint density at radius 2 is 1.87 bits per heavy atom. The van der Waals surface area contributed by atoms with Gasteiger partial charge in [0, 0.05) is 4.47 Å². The Labute approximate surface area is 95.6 Å². The van der Waals surface area contributed by atoms with E-state index in [9.17, 15) is 8.78 Å². The number of rotatable bonds is 2. The molecule has 0 spiro atoms. The molecule has 0 N–H and O–H groups in total. The maximum Gasteiger partial charge on any atom is 0.200 e. The van der Waals surface area contributed by atoms with Crippen LogP contribution in [-0.2, 0) is 0 Å². The van der Waals surface area contributed by atoms with Crippen LogP contribution in [0.25, 0.3) is 0 Å². The molecule has 0 bridgehead atoms. The molecule has 4 heteroatoms. The van der Waals surface area contributed by atoms with Crippen LogP contribution in [0.2, 0.25) is 0 Å². The average molecular weight is 277 g/mol. The summed E-state index contributed by atoms with van der Waals surface area (Å²) in [6, 6.07) is 2.56. The monoisotopic (exact) mass is 276 g/mol. The Balaban J connectivity index is 2.19. The third-order valence-electron chi connectivity index (χ3n) is 2.56. The molecule has 1 nitrogen and oxygen atoms in total. The lowest BCUT2D eigenvalue weighted by molar-refractivity contribution is 0.198. The average Bonchev–Trinajstić information content (AvgIpc) is 2.66. The van der Waals surface area contributed by atoms with E-state index in [0.717, 1.165) is 31.7 Å². The van der Waals surface area contributed by atoms with Crippen LogP contribution in [0, 0.1) is 11.6 Å². The summed E-state index contributed by atoms with van der Waals surface area (Å²) in [6.45, 7) is 0. The second-order valence-electron chi connectivity index (χ2n) is 3.72. The van der Waals surface area contributed by atoms with Crippen LogP contribution >= 0.6 is 15.9 Å². The SMILES string of the molecule is Fc1cc(Br)cc(OC2CCCC2)c1F. The molecule has 1 saturated carbocycles. The highest BCUT2D eigenvalue weighted by Gasteiger charge is 2.19. The highest BCUT2D eigenvalue weighted by molar-refractivity contribution is 9.10. The number of hydrogen-bond donors (Lipinski definition) is 0. The van der Waals surface area contributed by atoms with Crippen LogP contribution in [0.4, 0.5) is 8.78 Å². The Morgan fingerprint density at radius 3 is 2.53 bits per heavy atom. The van der Waals surface area contributed by atoms with Crippen molar-refractivity contribution in [2.45, 2.75) is 31.8 Å². The molecular formula is C11H11BrF2O. The summed E-state index contributed by atoms with van der Waals surface area (Å²) < 4.78 is 32.3. The molecule has 2 rings (SSSR count). The molecule has 0 saturated heterocycles. The summed E-state index contributed by atoms with van der Waals surface area (Å²) in [5.41, 5.74) is 0. The van der Waals surface area contributed by atoms with Crippen molar-refractivity contribution in [3.8, 4) is 5.75 Å². The molecule has 0 heterocycles. The lowest BCUT2D eigenvalue weighted by Gasteiger charge is -2.14. The lowest BCUT2D eigenvalue weighted by Crippen LogP contribution is -2.12. The molecule has 0 aliphatic heterocycles. The second-order valence-corrected chi connectivity index (χ2v) is 4.64. The minimum atomic E-state index is -0.898. The summed E-state index contributed by atoms with van der Waals surface area (Å²) in [5.74, 6) is -1.77. The Bertz CT molecular complexity index is 362. The molecule has 0 unspecified atom stereocenters. The van der Waals surface area contributed by atoms with Crippen molar-refractivity contribution in [1.29, 1.82) is 0 Å². The van der Waals surface area contributed by atoms with Gasteiger partial charge in [0.1, 0.15) is 0 Å². The van der Waals surface area contributed by atoms with Crippen molar-refractivity contribution in [2.24, 2.45) is 0 Å². The van der Waals surface area contributed by atoms with Gasteiger partial charge in [-0.15, -0.1) is 0 Å². The quantitative estimate of drug-likeness (QED) is 0.741. The highest BCUT2D eigenvalue weighted by Crippen LogP contribution is 2.29. The minimum Gasteiger partial charge on any atom is -0.487 e. The Kier molecular flexibility index (Phi) is 3.24. The fourth-order valence-corrected chi connectivity index (χ4v) is 2.21. The lowest BCUT2D eigenvalue weighted by atomic mass is 10.3. The van der Waals surface area contributed by atoms with Crippen molar-refractivity contribution < 1.29 is 13.5 Å². The summed E-state index contributed by atoms with van der Waals surface area (Å²) in [5, 5.41) is 0. The van der Waals surface area contributed by atoms with E-state index in [-0.39, 0.29) is 11.9 Å². The van der Waals surface area contributed by atoms with Crippen LogP contribution in [0.1, 0.15) is 25.7 Å². The molecule has 1 aromatic rings. The van der Waals surface area contributed by atoms with E-state index >= 15 is 0 Å². The minimum absolute atomic E-state index is 0.00813. The van der Waals surface area contributed by atoms with E-state index in [2.05, 4.69) is 15.9 Å². The maximum absolute atomic E-state index is 13.3. The van der Waals surface area contributed by atoms with E-state index in [0.29, 0.717) is 4.47 Å². The Hall–Kier alpha value is -0.640. The number of benzene rings is 1. The first kappa shape index (κ1) is 10.9. The fraction of sp³-hybridized carbons (Fsp3) is 0.455. The second kappa shape index (κ2) is 4.47. The molecule has 1 fully saturated rings. The van der Waals surface area contributed by atoms with Gasteiger partial charge in [-0.25, -0.2) is 4.39 Å². The van der Waals surface area contributed by atoms with Crippen LogP contribution in [0.5, 0.6) is 5.75 Å². The molecule has 0 radical (unpaired) electrons. The van der Waals surface area contributed by atoms with E-state index < -0.39 is 11.6 Å². The normalized spacial score (nSPS) is 17.0. The fourth-order valence-electron chi connectivity index (χ4n) is 1.80. The number of ether oxygens (including phenoxy) is 1. The molecule has 1 aromatic carbocycles. The predicted molar refractivity (Wildman–Crippen MR) is 56.9 cm³/mol. The van der Waals surface area contributed by atoms with E-state index in [1.54, 1.807) is 0 Å². The van der Waals surface area contributed by atoms with Crippen molar-refractivity contribution in [3.63, 3.8) is 0 Å². The predicted octanol–water partition coefficient (Wildman–Crippen LogP) is 4.05. The van der Waals surface area contributed by atoms with Crippen LogP contribution in [0.15, 0.2) is 16.6 Å². The molecule has 82 valence electrons. The summed E-state index contributed by atoms with van der Waals surface area (Å²) in [6.07, 6.45) is 4.08. The summed E-state index contributed by atoms with van der Waals surface area (Å²) in [4.78, 5) is 0. The summed E-state index contributed by atoms with van der Waals surface area (Å²) >= 11 is 3.11. The standard InChI is InChI=1S/C11H11BrF2O/c12-7-5-9(13)11(14)10(6-7)15-8-3-1-2-4-8/h5-6,8H,1-4H2. The first-order valence-electron chi connectivity index (χ1n) is 4.98. The summed E-state index contributed by atoms with van der Waals surface area (Å²) in [7, 11) is 0. The van der Waals surface area contributed by atoms with Crippen molar-refractivity contribution >= 4 is 15.9 Å². The highest BCUT2D eigenvalue weighted by atomic mass is 79.9. The first-order chi connectivity index (χ1) is 7.16. The van der Waals surface area contributed by atoms with Gasteiger partial charge in [0.15, 0.2) is 11.6 Å². The van der Waals surface area contributed by atoms with Gasteiger partial charge in [0.05, 0.1) is 6.10 Å². The van der Waals surface area contributed by atoms with Gasteiger partial charge in [-0.3, -0.25) is 0 Å². The number of halogens is 3. The van der Waals surface area contributed by atoms with Crippen LogP contribution in [0.3, 0.4) is 0 Å². The zero-order valence-electron chi connectivity index (χ0n) is 8.10. The van der Waals surface area contributed by atoms with Gasteiger partial charge in [0.2, 0.25) is 5.82 Å². The van der Waals surface area contributed by atoms with E-state index in [1.165, 1.54) is 6.07 Å². The zero-order valence-corrected chi connectivity index (χ0v) is 9.69. The first-order valence-corrected chi connectivity index (χ1v) is 5.77. The van der Waals surface area contributed by atoms with Crippen LogP contribution in [-0.4, -0.2) is 6.10 Å². The van der Waals surface area contributed by atoms with Gasteiger partial charge in [0.25, 0.3) is 0 Å². The maximum atomic E-state index is 13.3. The van der Waals surface area contributed by atoms with Gasteiger partial charge >= 0.3 is 0 Å². The molecule has 0 amide bonds. The van der Waals surface area contributed by atoms with E-state index in [4.69, 9.17) is 4.74 Å². The molecule has 1 aliphatic carbocycles. The third-order valence-corrected chi connectivity index (χ3v) is 3.01. The molecule has 0 atom stereocenters. The van der Waals surface area contributed by atoms with Crippen molar-refractivity contribution in [3.05, 3.63) is 28.2 Å². The molecule has 15 heavy (non-hydrogen) atoms. The van der Waals surface area contributed by atoms with Gasteiger partial charge < -0.3 is 4.74 Å². The smallest absolute Gasteiger partial charge is 0.200 e. The zero-order chi connectivity index (χ0) is 10.8. The topological polar surface area (TPSA) is 9.23 Å². The van der Waals surface area contributed by atoms with Crippen molar-refractivity contribution in [1.82, 2.24) is 0 Å².